The molecule has 1 aromatic rings. The van der Waals surface area contributed by atoms with Gasteiger partial charge in [0.15, 0.2) is 0 Å². The van der Waals surface area contributed by atoms with E-state index >= 15 is 0 Å². The van der Waals surface area contributed by atoms with Gasteiger partial charge in [-0.15, -0.1) is 0 Å². The van der Waals surface area contributed by atoms with E-state index in [9.17, 15) is 4.79 Å². The zero-order valence-electron chi connectivity index (χ0n) is 10.3. The topological polar surface area (TPSA) is 114 Å². The van der Waals surface area contributed by atoms with Gasteiger partial charge in [-0.2, -0.15) is 15.0 Å². The summed E-state index contributed by atoms with van der Waals surface area (Å²) >= 11 is 0. The summed E-state index contributed by atoms with van der Waals surface area (Å²) in [5.74, 6) is 0.631. The molecule has 2 rings (SSSR count). The van der Waals surface area contributed by atoms with Crippen molar-refractivity contribution >= 4 is 23.8 Å². The lowest BCUT2D eigenvalue weighted by Gasteiger charge is -2.19. The van der Waals surface area contributed by atoms with E-state index in [-0.39, 0.29) is 12.5 Å². The zero-order chi connectivity index (χ0) is 13.1. The summed E-state index contributed by atoms with van der Waals surface area (Å²) in [6, 6.07) is 0. The first-order valence-corrected chi connectivity index (χ1v) is 5.82. The highest BCUT2D eigenvalue weighted by atomic mass is 16.1. The molecule has 1 aromatic heterocycles. The minimum Gasteiger partial charge on any atom is -0.368 e. The van der Waals surface area contributed by atoms with Crippen molar-refractivity contribution in [3.05, 3.63) is 0 Å². The van der Waals surface area contributed by atoms with Crippen molar-refractivity contribution in [3.8, 4) is 0 Å². The average Bonchev–Trinajstić information content (AvgIpc) is 2.80. The van der Waals surface area contributed by atoms with Crippen LogP contribution >= 0.6 is 0 Å². The molecule has 1 saturated heterocycles. The Kier molecular flexibility index (Phi) is 3.45. The van der Waals surface area contributed by atoms with Crippen molar-refractivity contribution in [2.75, 3.05) is 42.2 Å². The van der Waals surface area contributed by atoms with Crippen molar-refractivity contribution < 1.29 is 4.79 Å². The number of aromatic nitrogens is 3. The summed E-state index contributed by atoms with van der Waals surface area (Å²) in [4.78, 5) is 26.9. The van der Waals surface area contributed by atoms with Crippen molar-refractivity contribution in [2.24, 2.45) is 5.73 Å². The maximum absolute atomic E-state index is 10.9. The molecule has 0 aliphatic carbocycles. The third-order valence-electron chi connectivity index (χ3n) is 2.75. The molecule has 0 aromatic carbocycles. The molecule has 1 amide bonds. The van der Waals surface area contributed by atoms with Gasteiger partial charge >= 0.3 is 0 Å². The van der Waals surface area contributed by atoms with Gasteiger partial charge in [-0.05, 0) is 12.8 Å². The van der Waals surface area contributed by atoms with Crippen LogP contribution in [0.25, 0.3) is 0 Å². The molecular formula is C10H17N7O. The van der Waals surface area contributed by atoms with Gasteiger partial charge in [0.05, 0.1) is 6.54 Å². The number of nitrogen functional groups attached to an aromatic ring is 1. The number of carbonyl (C=O) groups excluding carboxylic acids is 1. The van der Waals surface area contributed by atoms with Crippen LogP contribution < -0.4 is 21.3 Å². The Morgan fingerprint density at radius 1 is 1.33 bits per heavy atom. The number of nitrogens with zero attached hydrogens (tertiary/aromatic N) is 5. The summed E-state index contributed by atoms with van der Waals surface area (Å²) in [7, 11) is 1.69. The van der Waals surface area contributed by atoms with E-state index in [1.807, 2.05) is 0 Å². The maximum Gasteiger partial charge on any atom is 0.237 e. The van der Waals surface area contributed by atoms with E-state index in [1.165, 1.54) is 0 Å². The fraction of sp³-hybridized carbons (Fsp3) is 0.600. The van der Waals surface area contributed by atoms with Crippen LogP contribution in [0.2, 0.25) is 0 Å². The maximum atomic E-state index is 10.9. The molecule has 0 bridgehead atoms. The number of primary amides is 1. The van der Waals surface area contributed by atoms with Crippen LogP contribution in [0.4, 0.5) is 17.8 Å². The summed E-state index contributed by atoms with van der Waals surface area (Å²) in [5, 5.41) is 0. The molecule has 0 saturated carbocycles. The van der Waals surface area contributed by atoms with Crippen LogP contribution in [0.15, 0.2) is 0 Å². The number of hydrogen-bond acceptors (Lipinski definition) is 7. The second-order valence-corrected chi connectivity index (χ2v) is 4.31. The van der Waals surface area contributed by atoms with Gasteiger partial charge in [-0.1, -0.05) is 0 Å². The molecule has 0 unspecified atom stereocenters. The fourth-order valence-corrected chi connectivity index (χ4v) is 1.90. The molecule has 0 radical (unpaired) electrons. The van der Waals surface area contributed by atoms with Crippen LogP contribution in [0.1, 0.15) is 12.8 Å². The van der Waals surface area contributed by atoms with Gasteiger partial charge in [0.1, 0.15) is 0 Å². The highest BCUT2D eigenvalue weighted by molar-refractivity contribution is 5.78. The Bertz CT molecular complexity index is 444. The molecule has 1 aliphatic rings. The average molecular weight is 251 g/mol. The quantitative estimate of drug-likeness (QED) is 0.703. The third-order valence-corrected chi connectivity index (χ3v) is 2.75. The van der Waals surface area contributed by atoms with Crippen molar-refractivity contribution in [2.45, 2.75) is 12.8 Å². The lowest BCUT2D eigenvalue weighted by molar-refractivity contribution is -0.116. The van der Waals surface area contributed by atoms with Crippen LogP contribution in [-0.4, -0.2) is 47.5 Å². The molecular weight excluding hydrogens is 234 g/mol. The second kappa shape index (κ2) is 5.03. The van der Waals surface area contributed by atoms with Gasteiger partial charge in [-0.25, -0.2) is 0 Å². The molecule has 0 atom stereocenters. The fourth-order valence-electron chi connectivity index (χ4n) is 1.90. The number of likely N-dealkylation sites (N-methyl/N-ethyl adjacent to an activating group) is 1. The van der Waals surface area contributed by atoms with Gasteiger partial charge in [0.25, 0.3) is 0 Å². The Balaban J connectivity index is 2.22. The van der Waals surface area contributed by atoms with Gasteiger partial charge in [-0.3, -0.25) is 4.79 Å². The molecule has 2 heterocycles. The van der Waals surface area contributed by atoms with Crippen LogP contribution in [-0.2, 0) is 4.79 Å². The molecule has 1 aliphatic heterocycles. The SMILES string of the molecule is CN(CC(N)=O)c1nc(N)nc(N2CCCC2)n1. The number of anilines is 3. The number of rotatable bonds is 4. The van der Waals surface area contributed by atoms with Crippen LogP contribution in [0.3, 0.4) is 0 Å². The number of amides is 1. The van der Waals surface area contributed by atoms with E-state index < -0.39 is 5.91 Å². The van der Waals surface area contributed by atoms with E-state index in [0.29, 0.717) is 11.9 Å². The number of nitrogens with two attached hydrogens (primary N) is 2. The zero-order valence-corrected chi connectivity index (χ0v) is 10.3. The van der Waals surface area contributed by atoms with E-state index in [2.05, 4.69) is 19.9 Å². The number of carbonyl (C=O) groups is 1. The summed E-state index contributed by atoms with van der Waals surface area (Å²) in [5.41, 5.74) is 10.8. The van der Waals surface area contributed by atoms with E-state index in [1.54, 1.807) is 11.9 Å². The van der Waals surface area contributed by atoms with Gasteiger partial charge in [0.2, 0.25) is 23.8 Å². The van der Waals surface area contributed by atoms with Gasteiger partial charge < -0.3 is 21.3 Å². The molecule has 1 fully saturated rings. The lowest BCUT2D eigenvalue weighted by atomic mass is 10.4. The first-order valence-electron chi connectivity index (χ1n) is 5.82. The normalized spacial score (nSPS) is 14.8. The first-order chi connectivity index (χ1) is 8.56. The van der Waals surface area contributed by atoms with Crippen LogP contribution in [0.5, 0.6) is 0 Å². The van der Waals surface area contributed by atoms with Crippen molar-refractivity contribution in [3.63, 3.8) is 0 Å². The minimum atomic E-state index is -0.445. The van der Waals surface area contributed by atoms with E-state index in [4.69, 9.17) is 11.5 Å². The number of hydrogen-bond donors (Lipinski definition) is 2. The standard InChI is InChI=1S/C10H17N7O/c1-16(6-7(11)18)9-13-8(12)14-10(15-9)17-4-2-3-5-17/h2-6H2,1H3,(H2,11,18)(H2,12,13,14,15). The smallest absolute Gasteiger partial charge is 0.237 e. The highest BCUT2D eigenvalue weighted by Gasteiger charge is 2.18. The Morgan fingerprint density at radius 2 is 2.00 bits per heavy atom. The van der Waals surface area contributed by atoms with Crippen molar-refractivity contribution in [1.82, 2.24) is 15.0 Å². The van der Waals surface area contributed by atoms with Crippen molar-refractivity contribution in [1.29, 1.82) is 0 Å². The Labute approximate surface area is 105 Å². The molecule has 4 N–H and O–H groups in total. The highest BCUT2D eigenvalue weighted by Crippen LogP contribution is 2.18. The predicted molar refractivity (Wildman–Crippen MR) is 68.2 cm³/mol. The first kappa shape index (κ1) is 12.3. The largest absolute Gasteiger partial charge is 0.368 e. The Morgan fingerprint density at radius 3 is 2.61 bits per heavy atom. The van der Waals surface area contributed by atoms with Crippen LogP contribution in [0, 0.1) is 0 Å². The summed E-state index contributed by atoms with van der Waals surface area (Å²) in [6.07, 6.45) is 2.25. The predicted octanol–water partition coefficient (Wildman–Crippen LogP) is -1.02. The molecule has 8 heteroatoms. The molecule has 18 heavy (non-hydrogen) atoms. The molecule has 0 spiro atoms. The molecule has 8 nitrogen and oxygen atoms in total. The molecule has 98 valence electrons. The third kappa shape index (κ3) is 2.76. The summed E-state index contributed by atoms with van der Waals surface area (Å²) in [6.45, 7) is 1.88. The van der Waals surface area contributed by atoms with Gasteiger partial charge in [0, 0.05) is 20.1 Å². The van der Waals surface area contributed by atoms with E-state index in [0.717, 1.165) is 25.9 Å². The second-order valence-electron chi connectivity index (χ2n) is 4.31. The minimum absolute atomic E-state index is 0.0445. The Hall–Kier alpha value is -2.12. The monoisotopic (exact) mass is 251 g/mol. The summed E-state index contributed by atoms with van der Waals surface area (Å²) < 4.78 is 0. The lowest BCUT2D eigenvalue weighted by Crippen LogP contribution is -2.32.